The minimum absolute atomic E-state index is 0.155. The Morgan fingerprint density at radius 2 is 1.80 bits per heavy atom. The number of sulfone groups is 1. The number of piperazine rings is 1. The molecule has 0 N–H and O–H groups in total. The van der Waals surface area contributed by atoms with Gasteiger partial charge in [0.05, 0.1) is 4.90 Å². The van der Waals surface area contributed by atoms with Gasteiger partial charge >= 0.3 is 0 Å². The zero-order chi connectivity index (χ0) is 14.6. The van der Waals surface area contributed by atoms with Crippen LogP contribution in [0.2, 0.25) is 0 Å². The average molecular weight is 291 g/mol. The van der Waals surface area contributed by atoms with Crippen molar-refractivity contribution in [3.8, 4) is 6.07 Å². The van der Waals surface area contributed by atoms with Gasteiger partial charge in [0.2, 0.25) is 9.84 Å². The zero-order valence-electron chi connectivity index (χ0n) is 11.4. The van der Waals surface area contributed by atoms with Crippen LogP contribution in [0.25, 0.3) is 0 Å². The minimum atomic E-state index is -3.72. The molecule has 0 aromatic heterocycles. The Morgan fingerprint density at radius 3 is 2.35 bits per heavy atom. The molecule has 0 bridgehead atoms. The molecule has 0 amide bonds. The lowest BCUT2D eigenvalue weighted by Crippen LogP contribution is -2.42. The smallest absolute Gasteiger partial charge is 0.218 e. The van der Waals surface area contributed by atoms with Gasteiger partial charge in [0.25, 0.3) is 0 Å². The molecule has 0 radical (unpaired) electrons. The number of benzene rings is 1. The van der Waals surface area contributed by atoms with Crippen molar-refractivity contribution in [3.05, 3.63) is 41.4 Å². The maximum Gasteiger partial charge on any atom is 0.218 e. The summed E-state index contributed by atoms with van der Waals surface area (Å²) in [5.74, 6) is 0. The molecule has 0 aliphatic carbocycles. The summed E-state index contributed by atoms with van der Waals surface area (Å²) in [7, 11) is -1.70. The molecule has 6 heteroatoms. The van der Waals surface area contributed by atoms with Crippen molar-refractivity contribution in [2.45, 2.75) is 4.90 Å². The molecule has 0 saturated carbocycles. The second-order valence-electron chi connectivity index (χ2n) is 4.76. The number of nitrogens with zero attached hydrogens (tertiary/aromatic N) is 3. The highest BCUT2D eigenvalue weighted by molar-refractivity contribution is 7.95. The van der Waals surface area contributed by atoms with Crippen LogP contribution in [0.4, 0.5) is 0 Å². The van der Waals surface area contributed by atoms with E-state index in [-0.39, 0.29) is 9.80 Å². The van der Waals surface area contributed by atoms with Crippen molar-refractivity contribution < 1.29 is 8.42 Å². The summed E-state index contributed by atoms with van der Waals surface area (Å²) in [6, 6.07) is 9.87. The molecule has 1 aliphatic heterocycles. The molecule has 1 saturated heterocycles. The third-order valence-electron chi connectivity index (χ3n) is 3.29. The van der Waals surface area contributed by atoms with E-state index in [1.807, 2.05) is 18.0 Å². The van der Waals surface area contributed by atoms with E-state index in [2.05, 4.69) is 4.90 Å². The summed E-state index contributed by atoms with van der Waals surface area (Å²) in [6.07, 6.45) is 1.47. The third kappa shape index (κ3) is 3.18. The van der Waals surface area contributed by atoms with Crippen LogP contribution >= 0.6 is 0 Å². The standard InChI is InChI=1S/C14H17N3O2S/c1-16-7-9-17(10-8-16)12-14(11-15)20(18,19)13-5-3-2-4-6-13/h2-6,12H,7-10H2,1H3. The predicted molar refractivity (Wildman–Crippen MR) is 76.4 cm³/mol. The van der Waals surface area contributed by atoms with E-state index >= 15 is 0 Å². The first-order valence-electron chi connectivity index (χ1n) is 6.38. The molecule has 1 heterocycles. The first-order valence-corrected chi connectivity index (χ1v) is 7.87. The lowest BCUT2D eigenvalue weighted by molar-refractivity contribution is 0.198. The molecule has 1 aromatic rings. The Bertz CT molecular complexity index is 624. The van der Waals surface area contributed by atoms with E-state index in [4.69, 9.17) is 0 Å². The maximum atomic E-state index is 12.4. The molecule has 0 atom stereocenters. The van der Waals surface area contributed by atoms with Crippen molar-refractivity contribution in [2.75, 3.05) is 33.2 Å². The highest BCUT2D eigenvalue weighted by Gasteiger charge is 2.22. The van der Waals surface area contributed by atoms with Gasteiger partial charge in [0.1, 0.15) is 6.07 Å². The molecular formula is C14H17N3O2S. The highest BCUT2D eigenvalue weighted by Crippen LogP contribution is 2.19. The summed E-state index contributed by atoms with van der Waals surface area (Å²) in [6.45, 7) is 3.18. The lowest BCUT2D eigenvalue weighted by Gasteiger charge is -2.31. The summed E-state index contributed by atoms with van der Waals surface area (Å²) in [5.41, 5.74) is 0. The van der Waals surface area contributed by atoms with Crippen LogP contribution in [0.1, 0.15) is 0 Å². The molecule has 1 aliphatic rings. The zero-order valence-corrected chi connectivity index (χ0v) is 12.2. The summed E-state index contributed by atoms with van der Waals surface area (Å²) in [4.78, 5) is 4.01. The molecule has 106 valence electrons. The normalized spacial score (nSPS) is 17.8. The Labute approximate surface area is 119 Å². The Balaban J connectivity index is 2.27. The summed E-state index contributed by atoms with van der Waals surface area (Å²) in [5, 5.41) is 9.17. The monoisotopic (exact) mass is 291 g/mol. The maximum absolute atomic E-state index is 12.4. The molecule has 1 fully saturated rings. The highest BCUT2D eigenvalue weighted by atomic mass is 32.2. The van der Waals surface area contributed by atoms with Crippen LogP contribution in [0.5, 0.6) is 0 Å². The summed E-state index contributed by atoms with van der Waals surface area (Å²) >= 11 is 0. The summed E-state index contributed by atoms with van der Waals surface area (Å²) < 4.78 is 24.7. The fourth-order valence-corrected chi connectivity index (χ4v) is 3.18. The van der Waals surface area contributed by atoms with E-state index in [1.165, 1.54) is 18.3 Å². The van der Waals surface area contributed by atoms with E-state index in [9.17, 15) is 13.7 Å². The predicted octanol–water partition coefficient (Wildman–Crippen LogP) is 1.07. The van der Waals surface area contributed by atoms with Gasteiger partial charge < -0.3 is 9.80 Å². The number of hydrogen-bond donors (Lipinski definition) is 0. The van der Waals surface area contributed by atoms with Gasteiger partial charge in [-0.2, -0.15) is 5.26 Å². The number of allylic oxidation sites excluding steroid dienone is 1. The quantitative estimate of drug-likeness (QED) is 0.780. The molecular weight excluding hydrogens is 274 g/mol. The topological polar surface area (TPSA) is 64.4 Å². The first-order chi connectivity index (χ1) is 9.54. The first kappa shape index (κ1) is 14.6. The van der Waals surface area contributed by atoms with Crippen molar-refractivity contribution >= 4 is 9.84 Å². The van der Waals surface area contributed by atoms with Gasteiger partial charge in [0, 0.05) is 32.4 Å². The second kappa shape index (κ2) is 6.07. The van der Waals surface area contributed by atoms with E-state index in [0.717, 1.165) is 26.2 Å². The SMILES string of the molecule is CN1CCN(C=C(C#N)S(=O)(=O)c2ccccc2)CC1. The van der Waals surface area contributed by atoms with Crippen LogP contribution in [-0.4, -0.2) is 51.4 Å². The van der Waals surface area contributed by atoms with Crippen LogP contribution in [0.3, 0.4) is 0 Å². The lowest BCUT2D eigenvalue weighted by atomic mass is 10.3. The number of rotatable bonds is 3. The molecule has 0 spiro atoms. The van der Waals surface area contributed by atoms with Crippen molar-refractivity contribution in [1.29, 1.82) is 5.26 Å². The average Bonchev–Trinajstić information content (AvgIpc) is 2.47. The molecule has 0 unspecified atom stereocenters. The number of hydrogen-bond acceptors (Lipinski definition) is 5. The van der Waals surface area contributed by atoms with E-state index < -0.39 is 9.84 Å². The van der Waals surface area contributed by atoms with Gasteiger partial charge in [-0.25, -0.2) is 8.42 Å². The molecule has 2 rings (SSSR count). The van der Waals surface area contributed by atoms with Crippen LogP contribution < -0.4 is 0 Å². The Morgan fingerprint density at radius 1 is 1.20 bits per heavy atom. The minimum Gasteiger partial charge on any atom is -0.373 e. The van der Waals surface area contributed by atoms with Crippen LogP contribution in [0.15, 0.2) is 46.3 Å². The van der Waals surface area contributed by atoms with Gasteiger partial charge in [-0.3, -0.25) is 0 Å². The number of likely N-dealkylation sites (N-methyl/N-ethyl adjacent to an activating group) is 1. The molecule has 5 nitrogen and oxygen atoms in total. The van der Waals surface area contributed by atoms with Crippen molar-refractivity contribution in [2.24, 2.45) is 0 Å². The van der Waals surface area contributed by atoms with Crippen LogP contribution in [-0.2, 0) is 9.84 Å². The van der Waals surface area contributed by atoms with E-state index in [0.29, 0.717) is 0 Å². The van der Waals surface area contributed by atoms with Gasteiger partial charge in [-0.15, -0.1) is 0 Å². The largest absolute Gasteiger partial charge is 0.373 e. The molecule has 20 heavy (non-hydrogen) atoms. The second-order valence-corrected chi connectivity index (χ2v) is 6.68. The Hall–Kier alpha value is -1.84. The van der Waals surface area contributed by atoms with Crippen molar-refractivity contribution in [3.63, 3.8) is 0 Å². The van der Waals surface area contributed by atoms with Gasteiger partial charge in [-0.1, -0.05) is 18.2 Å². The number of nitriles is 1. The van der Waals surface area contributed by atoms with Gasteiger partial charge in [0.15, 0.2) is 4.91 Å². The Kier molecular flexibility index (Phi) is 4.42. The third-order valence-corrected chi connectivity index (χ3v) is 4.96. The van der Waals surface area contributed by atoms with Crippen molar-refractivity contribution in [1.82, 2.24) is 9.80 Å². The fraction of sp³-hybridized carbons (Fsp3) is 0.357. The van der Waals surface area contributed by atoms with Crippen LogP contribution in [0, 0.1) is 11.3 Å². The van der Waals surface area contributed by atoms with Gasteiger partial charge in [-0.05, 0) is 19.2 Å². The molecule has 1 aromatic carbocycles. The fourth-order valence-electron chi connectivity index (χ4n) is 2.00. The van der Waals surface area contributed by atoms with E-state index in [1.54, 1.807) is 18.2 Å².